The molecule has 0 atom stereocenters. The fourth-order valence-electron chi connectivity index (χ4n) is 1.20. The molecule has 0 aliphatic carbocycles. The Labute approximate surface area is 74.7 Å². The molecule has 0 aliphatic heterocycles. The van der Waals surface area contributed by atoms with Crippen molar-refractivity contribution in [1.82, 2.24) is 4.98 Å². The molecule has 0 spiro atoms. The van der Waals surface area contributed by atoms with Gasteiger partial charge in [-0.3, -0.25) is 0 Å². The molecule has 1 nitrogen and oxygen atoms in total. The van der Waals surface area contributed by atoms with Crippen LogP contribution in [-0.2, 0) is 0 Å². The molecule has 11 heavy (non-hydrogen) atoms. The topological polar surface area (TPSA) is 12.9 Å². The van der Waals surface area contributed by atoms with Gasteiger partial charge >= 0.3 is 74.4 Å². The molecule has 1 heterocycles. The van der Waals surface area contributed by atoms with Gasteiger partial charge in [-0.2, -0.15) is 0 Å². The fraction of sp³-hybridized carbons (Fsp3) is 0. The van der Waals surface area contributed by atoms with Crippen molar-refractivity contribution in [2.24, 2.45) is 0 Å². The minimum atomic E-state index is 1.22. The van der Waals surface area contributed by atoms with Crippen molar-refractivity contribution < 1.29 is 0 Å². The normalized spacial score (nSPS) is 10.4. The van der Waals surface area contributed by atoms with Gasteiger partial charge in [0, 0.05) is 0 Å². The van der Waals surface area contributed by atoms with Gasteiger partial charge in [-0.05, 0) is 0 Å². The first kappa shape index (κ1) is 6.91. The third-order valence-electron chi connectivity index (χ3n) is 1.80. The van der Waals surface area contributed by atoms with E-state index in [4.69, 9.17) is 0 Å². The molecule has 2 heteroatoms. The van der Waals surface area contributed by atoms with Crippen LogP contribution in [0, 0.1) is 0 Å². The van der Waals surface area contributed by atoms with Gasteiger partial charge < -0.3 is 0 Å². The molecule has 2 aromatic rings. The first-order valence-corrected chi connectivity index (χ1v) is 3.67. The van der Waals surface area contributed by atoms with Gasteiger partial charge in [0.1, 0.15) is 0 Å². The molecule has 0 fully saturated rings. The summed E-state index contributed by atoms with van der Waals surface area (Å²) in [6.07, 6.45) is 3.71. The molecular weight excluding hydrogens is 129 g/mol. The number of aromatic nitrogens is 1. The molecule has 0 radical (unpaired) electrons. The molecular formula is C9H6LiN. The van der Waals surface area contributed by atoms with Crippen molar-refractivity contribution in [2.45, 2.75) is 0 Å². The number of hydrogen-bond donors (Lipinski definition) is 0. The Kier molecular flexibility index (Phi) is 1.69. The van der Waals surface area contributed by atoms with E-state index in [2.05, 4.69) is 40.9 Å². The standard InChI is InChI=1S/C9H6N.Li/c1-2-4-9-7-10-6-5-8(9)3-1;/h1,3-7H;. The average molecular weight is 135 g/mol. The molecule has 2 rings (SSSR count). The van der Waals surface area contributed by atoms with Crippen LogP contribution in [-0.4, -0.2) is 22.7 Å². The van der Waals surface area contributed by atoms with Gasteiger partial charge in [0.2, 0.25) is 0 Å². The van der Waals surface area contributed by atoms with Crippen LogP contribution < -0.4 is 4.24 Å². The van der Waals surface area contributed by atoms with Gasteiger partial charge in [-0.15, -0.1) is 0 Å². The van der Waals surface area contributed by atoms with E-state index in [0.29, 0.717) is 0 Å². The summed E-state index contributed by atoms with van der Waals surface area (Å²) >= 11 is 2.09. The molecule has 0 aliphatic rings. The van der Waals surface area contributed by atoms with Crippen LogP contribution in [0.5, 0.6) is 0 Å². The number of pyridine rings is 1. The second-order valence-electron chi connectivity index (χ2n) is 2.73. The van der Waals surface area contributed by atoms with Gasteiger partial charge in [0.05, 0.1) is 0 Å². The number of rotatable bonds is 0. The zero-order valence-electron chi connectivity index (χ0n) is 6.41. The molecule has 0 bridgehead atoms. The van der Waals surface area contributed by atoms with Crippen LogP contribution in [0.4, 0.5) is 0 Å². The number of hydrogen-bond acceptors (Lipinski definition) is 1. The predicted octanol–water partition coefficient (Wildman–Crippen LogP) is 1.03. The Morgan fingerprint density at radius 2 is 2.00 bits per heavy atom. The predicted molar refractivity (Wildman–Crippen MR) is 47.1 cm³/mol. The van der Waals surface area contributed by atoms with Gasteiger partial charge in [-0.25, -0.2) is 0 Å². The second-order valence-corrected chi connectivity index (χ2v) is 2.73. The number of fused-ring (bicyclic) bond motifs is 1. The van der Waals surface area contributed by atoms with E-state index < -0.39 is 0 Å². The molecule has 0 amide bonds. The molecule has 0 saturated heterocycles. The number of nitrogens with zero attached hydrogens (tertiary/aromatic N) is 1. The van der Waals surface area contributed by atoms with E-state index >= 15 is 0 Å². The molecule has 1 aromatic heterocycles. The van der Waals surface area contributed by atoms with Crippen molar-refractivity contribution in [3.05, 3.63) is 36.7 Å². The van der Waals surface area contributed by atoms with Crippen LogP contribution in [0.3, 0.4) is 0 Å². The molecule has 0 unspecified atom stereocenters. The van der Waals surface area contributed by atoms with E-state index in [9.17, 15) is 0 Å². The maximum atomic E-state index is 4.05. The van der Waals surface area contributed by atoms with Crippen LogP contribution in [0.25, 0.3) is 10.8 Å². The Morgan fingerprint density at radius 3 is 2.91 bits per heavy atom. The van der Waals surface area contributed by atoms with E-state index in [1.807, 2.05) is 18.5 Å². The van der Waals surface area contributed by atoms with E-state index in [0.717, 1.165) is 0 Å². The van der Waals surface area contributed by atoms with Gasteiger partial charge in [-0.1, -0.05) is 0 Å². The maximum absolute atomic E-state index is 4.05. The zero-order valence-corrected chi connectivity index (χ0v) is 6.41. The monoisotopic (exact) mass is 135 g/mol. The summed E-state index contributed by atoms with van der Waals surface area (Å²) in [7, 11) is 0. The Bertz CT molecular complexity index is 384. The van der Waals surface area contributed by atoms with E-state index in [1.165, 1.54) is 15.0 Å². The van der Waals surface area contributed by atoms with Crippen molar-refractivity contribution in [2.75, 3.05) is 0 Å². The van der Waals surface area contributed by atoms with Gasteiger partial charge in [0.25, 0.3) is 0 Å². The van der Waals surface area contributed by atoms with Crippen molar-refractivity contribution in [3.8, 4) is 0 Å². The molecule has 48 valence electrons. The zero-order chi connectivity index (χ0) is 7.68. The fourth-order valence-corrected chi connectivity index (χ4v) is 1.20. The van der Waals surface area contributed by atoms with Crippen LogP contribution in [0.1, 0.15) is 0 Å². The number of benzene rings is 1. The summed E-state index contributed by atoms with van der Waals surface area (Å²) in [6, 6.07) is 8.39. The van der Waals surface area contributed by atoms with Crippen LogP contribution in [0.15, 0.2) is 36.7 Å². The summed E-state index contributed by atoms with van der Waals surface area (Å²) < 4.78 is 1.28. The summed E-state index contributed by atoms with van der Waals surface area (Å²) in [5, 5.41) is 2.47. The van der Waals surface area contributed by atoms with Crippen molar-refractivity contribution in [1.29, 1.82) is 0 Å². The van der Waals surface area contributed by atoms with E-state index in [-0.39, 0.29) is 0 Å². The molecule has 0 saturated carbocycles. The third-order valence-corrected chi connectivity index (χ3v) is 1.80. The third kappa shape index (κ3) is 1.30. The average Bonchev–Trinajstić information content (AvgIpc) is 2.04. The van der Waals surface area contributed by atoms with Crippen molar-refractivity contribution >= 4 is 32.7 Å². The van der Waals surface area contributed by atoms with Crippen LogP contribution in [0.2, 0.25) is 0 Å². The minimum absolute atomic E-state index is 1.22. The Morgan fingerprint density at radius 1 is 1.09 bits per heavy atom. The molecule has 1 aromatic carbocycles. The summed E-state index contributed by atoms with van der Waals surface area (Å²) in [5.74, 6) is 0. The second kappa shape index (κ2) is 2.69. The Hall–Kier alpha value is -0.773. The molecule has 0 N–H and O–H groups in total. The summed E-state index contributed by atoms with van der Waals surface area (Å²) in [6.45, 7) is 0. The first-order chi connectivity index (χ1) is 5.36. The Balaban J connectivity index is 2.83. The first-order valence-electron chi connectivity index (χ1n) is 3.67. The van der Waals surface area contributed by atoms with Crippen LogP contribution >= 0.6 is 0 Å². The summed E-state index contributed by atoms with van der Waals surface area (Å²) in [5.41, 5.74) is 0. The SMILES string of the molecule is [Li][c]1ccc2ccncc2c1. The summed E-state index contributed by atoms with van der Waals surface area (Å²) in [4.78, 5) is 4.05. The van der Waals surface area contributed by atoms with Gasteiger partial charge in [0.15, 0.2) is 0 Å². The quantitative estimate of drug-likeness (QED) is 0.491. The van der Waals surface area contributed by atoms with Crippen molar-refractivity contribution in [3.63, 3.8) is 0 Å². The van der Waals surface area contributed by atoms with E-state index in [1.54, 1.807) is 0 Å².